The van der Waals surface area contributed by atoms with E-state index in [0.29, 0.717) is 0 Å². The fraction of sp³-hybridized carbons (Fsp3) is 0.333. The highest BCUT2D eigenvalue weighted by Crippen LogP contribution is 1.61. The Hall–Kier alpha value is -1.68. The summed E-state index contributed by atoms with van der Waals surface area (Å²) in [6, 6.07) is 0. The number of amides is 2. The SMILES string of the molecule is [C-]#[N+]C(C)=O.[C-]#[N+]C(C)=O. The summed E-state index contributed by atoms with van der Waals surface area (Å²) in [5.74, 6) is -0.907. The highest BCUT2D eigenvalue weighted by molar-refractivity contribution is 5.83. The van der Waals surface area contributed by atoms with Crippen molar-refractivity contribution in [1.82, 2.24) is 0 Å². The van der Waals surface area contributed by atoms with Gasteiger partial charge in [-0.05, 0) is 0 Å². The Balaban J connectivity index is 0. The molecule has 0 aromatic heterocycles. The molecule has 0 aliphatic carbocycles. The van der Waals surface area contributed by atoms with E-state index in [-0.39, 0.29) is 0 Å². The lowest BCUT2D eigenvalue weighted by Gasteiger charge is -1.56. The van der Waals surface area contributed by atoms with Gasteiger partial charge in [0.2, 0.25) is 0 Å². The van der Waals surface area contributed by atoms with Gasteiger partial charge in [0, 0.05) is 13.8 Å². The Morgan fingerprint density at radius 2 is 1.10 bits per heavy atom. The summed E-state index contributed by atoms with van der Waals surface area (Å²) in [6.07, 6.45) is 0. The normalized spacial score (nSPS) is 5.60. The third kappa shape index (κ3) is 33.2. The Kier molecular flexibility index (Phi) is 8.17. The van der Waals surface area contributed by atoms with E-state index in [2.05, 4.69) is 9.69 Å². The van der Waals surface area contributed by atoms with Crippen molar-refractivity contribution < 1.29 is 9.59 Å². The second kappa shape index (κ2) is 7.32. The second-order valence-electron chi connectivity index (χ2n) is 1.26. The third-order valence-electron chi connectivity index (χ3n) is 0.315. The van der Waals surface area contributed by atoms with E-state index in [9.17, 15) is 9.59 Å². The zero-order valence-electron chi connectivity index (χ0n) is 5.71. The standard InChI is InChI=1S/2C3H3NO/c2*1-3(5)4-2/h2*1H3. The molecule has 0 saturated carbocycles. The van der Waals surface area contributed by atoms with Crippen LogP contribution in [0.15, 0.2) is 0 Å². The first-order valence-electron chi connectivity index (χ1n) is 2.30. The summed E-state index contributed by atoms with van der Waals surface area (Å²) in [7, 11) is 0. The minimum Gasteiger partial charge on any atom is -0.316 e. The molecule has 0 rings (SSSR count). The van der Waals surface area contributed by atoms with Gasteiger partial charge in [-0.15, -0.1) is 0 Å². The highest BCUT2D eigenvalue weighted by Gasteiger charge is 1.75. The van der Waals surface area contributed by atoms with Crippen LogP contribution in [-0.4, -0.2) is 11.8 Å². The summed E-state index contributed by atoms with van der Waals surface area (Å²) in [5, 5.41) is 0. The molecule has 2 amide bonds. The van der Waals surface area contributed by atoms with Crippen LogP contribution in [0, 0.1) is 13.1 Å². The summed E-state index contributed by atoms with van der Waals surface area (Å²) in [4.78, 5) is 23.9. The molecule has 0 aliphatic rings. The zero-order valence-corrected chi connectivity index (χ0v) is 5.71. The summed E-state index contributed by atoms with van der Waals surface area (Å²) < 4.78 is 0. The average Bonchev–Trinajstić information content (AvgIpc) is 1.89. The van der Waals surface area contributed by atoms with Gasteiger partial charge in [0.15, 0.2) is 0 Å². The van der Waals surface area contributed by atoms with Crippen LogP contribution < -0.4 is 0 Å². The van der Waals surface area contributed by atoms with Crippen molar-refractivity contribution >= 4 is 11.8 Å². The Morgan fingerprint density at radius 1 is 1.00 bits per heavy atom. The van der Waals surface area contributed by atoms with Gasteiger partial charge >= 0.3 is 11.8 Å². The van der Waals surface area contributed by atoms with Crippen molar-refractivity contribution in [3.05, 3.63) is 22.8 Å². The van der Waals surface area contributed by atoms with E-state index in [0.717, 1.165) is 0 Å². The van der Waals surface area contributed by atoms with Gasteiger partial charge in [-0.25, -0.2) is 0 Å². The molecule has 4 heteroatoms. The molecule has 0 saturated heterocycles. The number of carbonyl (C=O) groups excluding carboxylic acids is 2. The molecular weight excluding hydrogens is 132 g/mol. The van der Waals surface area contributed by atoms with Crippen molar-refractivity contribution in [3.8, 4) is 0 Å². The van der Waals surface area contributed by atoms with Crippen molar-refractivity contribution in [2.24, 2.45) is 0 Å². The quantitative estimate of drug-likeness (QED) is 0.467. The molecule has 52 valence electrons. The van der Waals surface area contributed by atoms with Crippen LogP contribution in [0.4, 0.5) is 0 Å². The lowest BCUT2D eigenvalue weighted by atomic mass is 10.8. The van der Waals surface area contributed by atoms with Crippen LogP contribution in [0.2, 0.25) is 0 Å². The molecule has 0 N–H and O–H groups in total. The smallest absolute Gasteiger partial charge is 0.316 e. The maximum atomic E-state index is 9.46. The molecule has 10 heavy (non-hydrogen) atoms. The molecule has 0 spiro atoms. The van der Waals surface area contributed by atoms with E-state index in [1.165, 1.54) is 13.8 Å². The monoisotopic (exact) mass is 138 g/mol. The minimum absolute atomic E-state index is 0.454. The maximum absolute atomic E-state index is 9.46. The molecular formula is C6H6N2O2. The Bertz CT molecular complexity index is 183. The van der Waals surface area contributed by atoms with Crippen LogP contribution >= 0.6 is 0 Å². The van der Waals surface area contributed by atoms with Gasteiger partial charge in [0.1, 0.15) is 0 Å². The van der Waals surface area contributed by atoms with Gasteiger partial charge in [-0.1, -0.05) is 0 Å². The van der Waals surface area contributed by atoms with Crippen LogP contribution in [0.5, 0.6) is 0 Å². The van der Waals surface area contributed by atoms with E-state index in [4.69, 9.17) is 13.1 Å². The first-order valence-corrected chi connectivity index (χ1v) is 2.30. The van der Waals surface area contributed by atoms with Gasteiger partial charge < -0.3 is 9.59 Å². The summed E-state index contributed by atoms with van der Waals surface area (Å²) in [6.45, 7) is 14.3. The second-order valence-corrected chi connectivity index (χ2v) is 1.26. The minimum atomic E-state index is -0.454. The third-order valence-corrected chi connectivity index (χ3v) is 0.315. The molecule has 0 aromatic carbocycles. The summed E-state index contributed by atoms with van der Waals surface area (Å²) >= 11 is 0. The van der Waals surface area contributed by atoms with Crippen LogP contribution in [-0.2, 0) is 9.59 Å². The van der Waals surface area contributed by atoms with Crippen molar-refractivity contribution in [1.29, 1.82) is 0 Å². The average molecular weight is 138 g/mol. The maximum Gasteiger partial charge on any atom is 0.352 e. The van der Waals surface area contributed by atoms with Gasteiger partial charge in [0.25, 0.3) is 0 Å². The molecule has 0 aromatic rings. The van der Waals surface area contributed by atoms with E-state index in [1.807, 2.05) is 0 Å². The lowest BCUT2D eigenvalue weighted by molar-refractivity contribution is -0.113. The van der Waals surface area contributed by atoms with Crippen molar-refractivity contribution in [2.45, 2.75) is 13.8 Å². The molecule has 0 fully saturated rings. The molecule has 0 heterocycles. The molecule has 0 atom stereocenters. The molecule has 0 aliphatic heterocycles. The van der Waals surface area contributed by atoms with Crippen LogP contribution in [0.1, 0.15) is 13.8 Å². The van der Waals surface area contributed by atoms with Gasteiger partial charge in [-0.2, -0.15) is 9.69 Å². The molecule has 0 radical (unpaired) electrons. The lowest BCUT2D eigenvalue weighted by Crippen LogP contribution is -1.70. The number of rotatable bonds is 0. The number of hydrogen-bond donors (Lipinski definition) is 0. The van der Waals surface area contributed by atoms with E-state index >= 15 is 0 Å². The topological polar surface area (TPSA) is 42.9 Å². The van der Waals surface area contributed by atoms with E-state index < -0.39 is 11.8 Å². The first-order chi connectivity index (χ1) is 4.54. The molecule has 0 bridgehead atoms. The Labute approximate surface area is 59.1 Å². The van der Waals surface area contributed by atoms with Crippen molar-refractivity contribution in [2.75, 3.05) is 0 Å². The van der Waals surface area contributed by atoms with Crippen molar-refractivity contribution in [3.63, 3.8) is 0 Å². The van der Waals surface area contributed by atoms with Gasteiger partial charge in [0.05, 0.1) is 13.1 Å². The fourth-order valence-electron chi connectivity index (χ4n) is 0. The molecule has 4 nitrogen and oxygen atoms in total. The largest absolute Gasteiger partial charge is 0.352 e. The van der Waals surface area contributed by atoms with E-state index in [1.54, 1.807) is 0 Å². The highest BCUT2D eigenvalue weighted by atomic mass is 16.1. The predicted molar refractivity (Wildman–Crippen MR) is 34.6 cm³/mol. The first kappa shape index (κ1) is 11.2. The Morgan fingerprint density at radius 3 is 1.10 bits per heavy atom. The van der Waals surface area contributed by atoms with Gasteiger partial charge in [-0.3, -0.25) is 0 Å². The predicted octanol–water partition coefficient (Wildman–Crippen LogP) is 0.904. The number of hydrogen-bond acceptors (Lipinski definition) is 2. The summed E-state index contributed by atoms with van der Waals surface area (Å²) in [5.41, 5.74) is 0. The number of nitrogens with zero attached hydrogens (tertiary/aromatic N) is 2. The van der Waals surface area contributed by atoms with Crippen LogP contribution in [0.3, 0.4) is 0 Å². The number of carbonyl (C=O) groups is 2. The zero-order chi connectivity index (χ0) is 8.57. The van der Waals surface area contributed by atoms with Crippen LogP contribution in [0.25, 0.3) is 9.69 Å². The fourth-order valence-corrected chi connectivity index (χ4v) is 0. The molecule has 0 unspecified atom stereocenters.